The van der Waals surface area contributed by atoms with Crippen molar-refractivity contribution in [2.75, 3.05) is 10.6 Å². The number of anilines is 2. The van der Waals surface area contributed by atoms with Gasteiger partial charge in [0, 0.05) is 18.2 Å². The normalized spacial score (nSPS) is 11.6. The van der Waals surface area contributed by atoms with Gasteiger partial charge in [-0.3, -0.25) is 19.4 Å². The summed E-state index contributed by atoms with van der Waals surface area (Å²) in [6.07, 6.45) is 0. The summed E-state index contributed by atoms with van der Waals surface area (Å²) in [6.45, 7) is 6.90. The van der Waals surface area contributed by atoms with E-state index in [1.807, 2.05) is 44.2 Å². The molecule has 0 bridgehead atoms. The highest BCUT2D eigenvalue weighted by atomic mass is 32.2. The lowest BCUT2D eigenvalue weighted by Gasteiger charge is -2.13. The van der Waals surface area contributed by atoms with Gasteiger partial charge in [0.15, 0.2) is 10.9 Å². The molecule has 2 aromatic carbocycles. The average molecular weight is 438 g/mol. The number of benzene rings is 2. The molecular weight excluding hydrogens is 414 g/mol. The van der Waals surface area contributed by atoms with Crippen molar-refractivity contribution >= 4 is 35.0 Å². The number of nitrogens with zero attached hydrogens (tertiary/aromatic N) is 2. The second-order valence-corrected chi connectivity index (χ2v) is 8.43. The molecule has 0 aliphatic rings. The second-order valence-electron chi connectivity index (χ2n) is 7.10. The van der Waals surface area contributed by atoms with Crippen LogP contribution in [-0.4, -0.2) is 32.2 Å². The van der Waals surface area contributed by atoms with Crippen LogP contribution in [0.5, 0.6) is 0 Å². The van der Waals surface area contributed by atoms with Crippen LogP contribution in [0.15, 0.2) is 52.4 Å². The Kier molecular flexibility index (Phi) is 6.86. The number of thioether (sulfide) groups is 1. The van der Waals surface area contributed by atoms with Crippen molar-refractivity contribution in [1.29, 1.82) is 0 Å². The van der Waals surface area contributed by atoms with E-state index in [-0.39, 0.29) is 22.7 Å². The minimum absolute atomic E-state index is 0.0915. The van der Waals surface area contributed by atoms with E-state index in [9.17, 15) is 14.4 Å². The van der Waals surface area contributed by atoms with Gasteiger partial charge in [-0.05, 0) is 44.5 Å². The Bertz CT molecular complexity index is 1190. The Hall–Kier alpha value is -3.46. The van der Waals surface area contributed by atoms with Gasteiger partial charge in [0.1, 0.15) is 0 Å². The van der Waals surface area contributed by atoms with Crippen molar-refractivity contribution in [3.05, 3.63) is 63.9 Å². The highest BCUT2D eigenvalue weighted by Gasteiger charge is 2.19. The molecule has 1 aromatic heterocycles. The van der Waals surface area contributed by atoms with Gasteiger partial charge in [-0.15, -0.1) is 10.2 Å². The van der Waals surface area contributed by atoms with E-state index in [0.29, 0.717) is 11.3 Å². The number of carbonyl (C=O) groups is 2. The number of para-hydroxylation sites is 1. The number of hydrogen-bond donors (Lipinski definition) is 3. The average Bonchev–Trinajstić information content (AvgIpc) is 2.71. The first-order valence-corrected chi connectivity index (χ1v) is 10.5. The lowest BCUT2D eigenvalue weighted by atomic mass is 10.1. The Balaban J connectivity index is 1.79. The number of amides is 2. The molecule has 9 heteroatoms. The van der Waals surface area contributed by atoms with Crippen molar-refractivity contribution in [2.24, 2.45) is 0 Å². The van der Waals surface area contributed by atoms with Gasteiger partial charge < -0.3 is 10.6 Å². The zero-order valence-corrected chi connectivity index (χ0v) is 18.5. The molecule has 0 spiro atoms. The molecule has 0 saturated carbocycles. The van der Waals surface area contributed by atoms with Crippen LogP contribution in [-0.2, 0) is 9.59 Å². The van der Waals surface area contributed by atoms with Crippen molar-refractivity contribution in [3.63, 3.8) is 0 Å². The van der Waals surface area contributed by atoms with Crippen LogP contribution in [0.4, 0.5) is 11.4 Å². The molecule has 1 heterocycles. The zero-order chi connectivity index (χ0) is 22.5. The molecule has 1 unspecified atom stereocenters. The van der Waals surface area contributed by atoms with Gasteiger partial charge in [0.2, 0.25) is 11.8 Å². The van der Waals surface area contributed by atoms with E-state index < -0.39 is 10.8 Å². The van der Waals surface area contributed by atoms with Crippen LogP contribution in [0.3, 0.4) is 0 Å². The molecule has 2 amide bonds. The molecule has 3 N–H and O–H groups in total. The molecule has 8 nitrogen and oxygen atoms in total. The maximum atomic E-state index is 12.7. The van der Waals surface area contributed by atoms with Gasteiger partial charge in [0.05, 0.1) is 10.9 Å². The number of hydrogen-bond acceptors (Lipinski definition) is 6. The molecule has 0 aliphatic carbocycles. The zero-order valence-electron chi connectivity index (χ0n) is 17.6. The Morgan fingerprint density at radius 1 is 1.03 bits per heavy atom. The third-order valence-electron chi connectivity index (χ3n) is 4.48. The summed E-state index contributed by atoms with van der Waals surface area (Å²) >= 11 is 1.10. The molecule has 31 heavy (non-hydrogen) atoms. The first kappa shape index (κ1) is 22.2. The summed E-state index contributed by atoms with van der Waals surface area (Å²) in [6, 6.07) is 12.8. The lowest BCUT2D eigenvalue weighted by molar-refractivity contribution is -0.115. The van der Waals surface area contributed by atoms with Crippen LogP contribution in [0.25, 0.3) is 11.3 Å². The van der Waals surface area contributed by atoms with Crippen molar-refractivity contribution in [1.82, 2.24) is 15.2 Å². The van der Waals surface area contributed by atoms with E-state index in [0.717, 1.165) is 28.6 Å². The van der Waals surface area contributed by atoms with E-state index in [1.54, 1.807) is 19.1 Å². The van der Waals surface area contributed by atoms with E-state index in [4.69, 9.17) is 0 Å². The first-order chi connectivity index (χ1) is 14.7. The highest BCUT2D eigenvalue weighted by molar-refractivity contribution is 8.00. The maximum absolute atomic E-state index is 12.7. The maximum Gasteiger partial charge on any atom is 0.278 e. The summed E-state index contributed by atoms with van der Waals surface area (Å²) < 4.78 is 0. The Morgan fingerprint density at radius 3 is 2.45 bits per heavy atom. The quantitative estimate of drug-likeness (QED) is 0.508. The molecule has 0 saturated heterocycles. The lowest BCUT2D eigenvalue weighted by Crippen LogP contribution is -2.24. The standard InChI is InChI=1S/C22H23N5O3S/c1-12-9-10-18(23-15(4)28)16(11-12)19-21(30)25-22(27-26-19)31-14(3)20(29)24-17-8-6-5-7-13(17)2/h5-11,14H,1-4H3,(H,23,28)(H,24,29)(H,25,27,30). The summed E-state index contributed by atoms with van der Waals surface area (Å²) in [5, 5.41) is 13.4. The number of aromatic nitrogens is 3. The molecular formula is C22H23N5O3S. The molecule has 1 atom stereocenters. The monoisotopic (exact) mass is 437 g/mol. The van der Waals surface area contributed by atoms with E-state index in [1.165, 1.54) is 6.92 Å². The van der Waals surface area contributed by atoms with Crippen LogP contribution < -0.4 is 16.2 Å². The van der Waals surface area contributed by atoms with Crippen molar-refractivity contribution in [3.8, 4) is 11.3 Å². The van der Waals surface area contributed by atoms with Crippen LogP contribution in [0.2, 0.25) is 0 Å². The third-order valence-corrected chi connectivity index (χ3v) is 5.45. The summed E-state index contributed by atoms with van der Waals surface area (Å²) in [5.41, 5.74) is 3.19. The molecule has 0 aliphatic heterocycles. The van der Waals surface area contributed by atoms with Gasteiger partial charge >= 0.3 is 0 Å². The highest BCUT2D eigenvalue weighted by Crippen LogP contribution is 2.26. The molecule has 160 valence electrons. The fourth-order valence-corrected chi connectivity index (χ4v) is 3.61. The van der Waals surface area contributed by atoms with Crippen molar-refractivity contribution in [2.45, 2.75) is 38.1 Å². The molecule has 3 aromatic rings. The largest absolute Gasteiger partial charge is 0.326 e. The minimum atomic E-state index is -0.510. The van der Waals surface area contributed by atoms with Gasteiger partial charge in [-0.25, -0.2) is 0 Å². The smallest absolute Gasteiger partial charge is 0.278 e. The SMILES string of the molecule is CC(=O)Nc1ccc(C)cc1-c1nnc(SC(C)C(=O)Nc2ccccc2C)[nH]c1=O. The number of rotatable bonds is 6. The van der Waals surface area contributed by atoms with Gasteiger partial charge in [0.25, 0.3) is 5.56 Å². The number of nitrogens with one attached hydrogen (secondary N) is 3. The third kappa shape index (κ3) is 5.58. The number of aromatic amines is 1. The molecule has 0 fully saturated rings. The van der Waals surface area contributed by atoms with E-state index >= 15 is 0 Å². The molecule has 3 rings (SSSR count). The van der Waals surface area contributed by atoms with Crippen LogP contribution in [0, 0.1) is 13.8 Å². The fraction of sp³-hybridized carbons (Fsp3) is 0.227. The number of carbonyl (C=O) groups excluding carboxylic acids is 2. The van der Waals surface area contributed by atoms with Crippen molar-refractivity contribution < 1.29 is 9.59 Å². The predicted molar refractivity (Wildman–Crippen MR) is 122 cm³/mol. The summed E-state index contributed by atoms with van der Waals surface area (Å²) in [4.78, 5) is 39.4. The van der Waals surface area contributed by atoms with Crippen LogP contribution >= 0.6 is 11.8 Å². The van der Waals surface area contributed by atoms with E-state index in [2.05, 4.69) is 25.8 Å². The first-order valence-electron chi connectivity index (χ1n) is 9.63. The summed E-state index contributed by atoms with van der Waals surface area (Å²) in [5.74, 6) is -0.465. The number of aryl methyl sites for hydroxylation is 2. The predicted octanol–water partition coefficient (Wildman–Crippen LogP) is 3.53. The second kappa shape index (κ2) is 9.57. The fourth-order valence-electron chi connectivity index (χ4n) is 2.87. The van der Waals surface area contributed by atoms with Gasteiger partial charge in [-0.2, -0.15) is 0 Å². The molecule has 0 radical (unpaired) electrons. The summed E-state index contributed by atoms with van der Waals surface area (Å²) in [7, 11) is 0. The minimum Gasteiger partial charge on any atom is -0.326 e. The van der Waals surface area contributed by atoms with Crippen LogP contribution in [0.1, 0.15) is 25.0 Å². The Morgan fingerprint density at radius 2 is 1.77 bits per heavy atom. The van der Waals surface area contributed by atoms with Gasteiger partial charge in [-0.1, -0.05) is 41.6 Å². The number of H-pyrrole nitrogens is 1. The topological polar surface area (TPSA) is 117 Å². The Labute approximate surface area is 183 Å².